The first-order valence-electron chi connectivity index (χ1n) is 9.02. The van der Waals surface area contributed by atoms with E-state index < -0.39 is 0 Å². The minimum absolute atomic E-state index is 0.196. The Labute approximate surface area is 137 Å². The molecule has 0 aromatic heterocycles. The van der Waals surface area contributed by atoms with Crippen molar-refractivity contribution >= 4 is 11.8 Å². The first kappa shape index (κ1) is 21.1. The highest BCUT2D eigenvalue weighted by Gasteiger charge is 2.26. The van der Waals surface area contributed by atoms with Gasteiger partial charge >= 0.3 is 5.97 Å². The van der Waals surface area contributed by atoms with Gasteiger partial charge < -0.3 is 4.74 Å². The second-order valence-electron chi connectivity index (χ2n) is 6.95. The van der Waals surface area contributed by atoms with Crippen LogP contribution in [0.3, 0.4) is 0 Å². The molecule has 0 aromatic carbocycles. The molecule has 0 saturated heterocycles. The molecule has 0 radical (unpaired) electrons. The summed E-state index contributed by atoms with van der Waals surface area (Å²) in [5.74, 6) is 1.78. The molecule has 1 aliphatic carbocycles. The van der Waals surface area contributed by atoms with Crippen molar-refractivity contribution in [3.05, 3.63) is 0 Å². The first-order valence-corrected chi connectivity index (χ1v) is 9.02. The summed E-state index contributed by atoms with van der Waals surface area (Å²) in [5.41, 5.74) is 0. The largest absolute Gasteiger partial charge is 0.466 e. The summed E-state index contributed by atoms with van der Waals surface area (Å²) in [6.45, 7) is 9.95. The quantitative estimate of drug-likeness (QED) is 0.609. The third-order valence-electron chi connectivity index (χ3n) is 4.23. The molecular formula is C19H36O3. The summed E-state index contributed by atoms with van der Waals surface area (Å²) >= 11 is 0. The number of unbranched alkanes of at least 4 members (excludes halogenated alkanes) is 1. The molecule has 1 fully saturated rings. The topological polar surface area (TPSA) is 43.4 Å². The van der Waals surface area contributed by atoms with Gasteiger partial charge in [-0.25, -0.2) is 0 Å². The second kappa shape index (κ2) is 12.7. The van der Waals surface area contributed by atoms with E-state index >= 15 is 0 Å². The van der Waals surface area contributed by atoms with Crippen molar-refractivity contribution in [2.24, 2.45) is 17.8 Å². The highest BCUT2D eigenvalue weighted by molar-refractivity contribution is 5.78. The van der Waals surface area contributed by atoms with Crippen LogP contribution in [0, 0.1) is 17.8 Å². The molecule has 1 saturated carbocycles. The van der Waals surface area contributed by atoms with Crippen molar-refractivity contribution in [3.63, 3.8) is 0 Å². The van der Waals surface area contributed by atoms with E-state index in [1.807, 2.05) is 13.8 Å². The van der Waals surface area contributed by atoms with Gasteiger partial charge in [-0.3, -0.25) is 9.59 Å². The Balaban J connectivity index is 0.000000472. The molecule has 1 aliphatic rings. The summed E-state index contributed by atoms with van der Waals surface area (Å²) in [7, 11) is 0. The molecule has 1 atom stereocenters. The number of rotatable bonds is 7. The van der Waals surface area contributed by atoms with Crippen LogP contribution in [0.15, 0.2) is 0 Å². The Kier molecular flexibility index (Phi) is 12.2. The van der Waals surface area contributed by atoms with E-state index in [9.17, 15) is 9.59 Å². The van der Waals surface area contributed by atoms with Crippen LogP contribution < -0.4 is 0 Å². The van der Waals surface area contributed by atoms with Crippen LogP contribution in [0.2, 0.25) is 0 Å². The van der Waals surface area contributed by atoms with Gasteiger partial charge in [0, 0.05) is 12.8 Å². The standard InChI is InChI=1S/C13H24O.C6H12O2/c1-3-4-10-13(11(2)14)12-8-6-5-7-9-12;1-5(2)4-8-6(3)7/h12-13H,3-10H2,1-2H3;5H,4H2,1-3H3. The third-order valence-corrected chi connectivity index (χ3v) is 4.23. The molecule has 3 nitrogen and oxygen atoms in total. The van der Waals surface area contributed by atoms with Gasteiger partial charge in [0.05, 0.1) is 6.61 Å². The average molecular weight is 312 g/mol. The highest BCUT2D eigenvalue weighted by Crippen LogP contribution is 2.33. The van der Waals surface area contributed by atoms with Crippen LogP contribution >= 0.6 is 0 Å². The lowest BCUT2D eigenvalue weighted by molar-refractivity contribution is -0.142. The average Bonchev–Trinajstić information content (AvgIpc) is 2.47. The van der Waals surface area contributed by atoms with E-state index in [1.54, 1.807) is 6.92 Å². The lowest BCUT2D eigenvalue weighted by Gasteiger charge is -2.28. The fourth-order valence-electron chi connectivity index (χ4n) is 3.02. The van der Waals surface area contributed by atoms with Gasteiger partial charge in [-0.05, 0) is 38.0 Å². The predicted octanol–water partition coefficient (Wildman–Crippen LogP) is 5.17. The fourth-order valence-corrected chi connectivity index (χ4v) is 3.02. The Morgan fingerprint density at radius 3 is 2.05 bits per heavy atom. The maximum absolute atomic E-state index is 11.5. The Morgan fingerprint density at radius 2 is 1.68 bits per heavy atom. The normalized spacial score (nSPS) is 16.6. The number of hydrogen-bond donors (Lipinski definition) is 0. The van der Waals surface area contributed by atoms with Gasteiger partial charge in [0.2, 0.25) is 0 Å². The summed E-state index contributed by atoms with van der Waals surface area (Å²) in [4.78, 5) is 21.7. The van der Waals surface area contributed by atoms with E-state index in [0.29, 0.717) is 30.1 Å². The molecule has 1 unspecified atom stereocenters. The highest BCUT2D eigenvalue weighted by atomic mass is 16.5. The van der Waals surface area contributed by atoms with Gasteiger partial charge in [-0.2, -0.15) is 0 Å². The molecule has 0 spiro atoms. The molecule has 0 aliphatic heterocycles. The Morgan fingerprint density at radius 1 is 1.09 bits per heavy atom. The van der Waals surface area contributed by atoms with Crippen molar-refractivity contribution in [2.75, 3.05) is 6.61 Å². The first-order chi connectivity index (χ1) is 10.4. The van der Waals surface area contributed by atoms with E-state index in [4.69, 9.17) is 0 Å². The van der Waals surface area contributed by atoms with Gasteiger partial charge in [0.15, 0.2) is 0 Å². The second-order valence-corrected chi connectivity index (χ2v) is 6.95. The lowest BCUT2D eigenvalue weighted by atomic mass is 9.76. The van der Waals surface area contributed by atoms with Crippen molar-refractivity contribution < 1.29 is 14.3 Å². The fraction of sp³-hybridized carbons (Fsp3) is 0.895. The minimum Gasteiger partial charge on any atom is -0.466 e. The molecule has 0 aromatic rings. The number of carbonyl (C=O) groups is 2. The van der Waals surface area contributed by atoms with Crippen molar-refractivity contribution in [3.8, 4) is 0 Å². The molecule has 130 valence electrons. The summed E-state index contributed by atoms with van der Waals surface area (Å²) in [6.07, 6.45) is 10.3. The minimum atomic E-state index is -0.196. The van der Waals surface area contributed by atoms with Gasteiger partial charge in [-0.15, -0.1) is 0 Å². The van der Waals surface area contributed by atoms with Crippen molar-refractivity contribution in [1.29, 1.82) is 0 Å². The molecule has 1 rings (SSSR count). The zero-order valence-corrected chi connectivity index (χ0v) is 15.3. The van der Waals surface area contributed by atoms with Crippen LogP contribution in [-0.4, -0.2) is 18.4 Å². The molecule has 3 heteroatoms. The zero-order chi connectivity index (χ0) is 17.0. The Bertz CT molecular complexity index is 304. The number of esters is 1. The van der Waals surface area contributed by atoms with Crippen LogP contribution in [0.25, 0.3) is 0 Å². The number of Topliss-reactive ketones (excluding diaryl/α,β-unsaturated/α-hetero) is 1. The SMILES string of the molecule is CC(=O)OCC(C)C.CCCCC(C(C)=O)C1CCCCC1. The van der Waals surface area contributed by atoms with E-state index in [2.05, 4.69) is 11.7 Å². The maximum Gasteiger partial charge on any atom is 0.302 e. The summed E-state index contributed by atoms with van der Waals surface area (Å²) in [5, 5.41) is 0. The van der Waals surface area contributed by atoms with E-state index in [0.717, 1.165) is 6.42 Å². The molecule has 0 N–H and O–H groups in total. The predicted molar refractivity (Wildman–Crippen MR) is 91.7 cm³/mol. The van der Waals surface area contributed by atoms with Crippen molar-refractivity contribution in [2.45, 2.75) is 86.0 Å². The van der Waals surface area contributed by atoms with E-state index in [1.165, 1.54) is 51.9 Å². The van der Waals surface area contributed by atoms with Gasteiger partial charge in [0.25, 0.3) is 0 Å². The van der Waals surface area contributed by atoms with Crippen LogP contribution in [0.1, 0.15) is 86.0 Å². The van der Waals surface area contributed by atoms with Gasteiger partial charge in [-0.1, -0.05) is 52.9 Å². The zero-order valence-electron chi connectivity index (χ0n) is 15.3. The number of ketones is 1. The molecular weight excluding hydrogens is 276 g/mol. The molecule has 0 bridgehead atoms. The summed E-state index contributed by atoms with van der Waals surface area (Å²) in [6, 6.07) is 0. The Hall–Kier alpha value is -0.860. The van der Waals surface area contributed by atoms with E-state index in [-0.39, 0.29) is 5.97 Å². The van der Waals surface area contributed by atoms with Crippen LogP contribution in [0.4, 0.5) is 0 Å². The number of hydrogen-bond acceptors (Lipinski definition) is 3. The van der Waals surface area contributed by atoms with Crippen LogP contribution in [-0.2, 0) is 14.3 Å². The monoisotopic (exact) mass is 312 g/mol. The third kappa shape index (κ3) is 10.8. The number of carbonyl (C=O) groups excluding carboxylic acids is 2. The lowest BCUT2D eigenvalue weighted by Crippen LogP contribution is -2.24. The molecule has 0 heterocycles. The summed E-state index contributed by atoms with van der Waals surface area (Å²) < 4.78 is 4.66. The maximum atomic E-state index is 11.5. The van der Waals surface area contributed by atoms with Crippen molar-refractivity contribution in [1.82, 2.24) is 0 Å². The molecule has 22 heavy (non-hydrogen) atoms. The molecule has 0 amide bonds. The van der Waals surface area contributed by atoms with Gasteiger partial charge in [0.1, 0.15) is 5.78 Å². The number of ether oxygens (including phenoxy) is 1. The smallest absolute Gasteiger partial charge is 0.302 e. The van der Waals surface area contributed by atoms with Crippen LogP contribution in [0.5, 0.6) is 0 Å².